The highest BCUT2D eigenvalue weighted by Gasteiger charge is 2.41. The van der Waals surface area contributed by atoms with Gasteiger partial charge in [0.25, 0.3) is 11.8 Å². The lowest BCUT2D eigenvalue weighted by molar-refractivity contribution is 0.0441. The third kappa shape index (κ3) is 6.44. The Kier molecular flexibility index (Phi) is 7.63. The van der Waals surface area contributed by atoms with Crippen LogP contribution in [-0.2, 0) is 0 Å². The van der Waals surface area contributed by atoms with E-state index >= 15 is 0 Å². The van der Waals surface area contributed by atoms with Gasteiger partial charge in [-0.3, -0.25) is 9.59 Å². The fourth-order valence-corrected chi connectivity index (χ4v) is 5.11. The monoisotopic (exact) mass is 449 g/mol. The van der Waals surface area contributed by atoms with Gasteiger partial charge in [-0.1, -0.05) is 37.6 Å². The van der Waals surface area contributed by atoms with Crippen LogP contribution in [0.1, 0.15) is 86.6 Å². The summed E-state index contributed by atoms with van der Waals surface area (Å²) in [7, 11) is 0. The van der Waals surface area contributed by atoms with Crippen molar-refractivity contribution in [3.05, 3.63) is 65.2 Å². The summed E-state index contributed by atoms with van der Waals surface area (Å²) in [6, 6.07) is 14.9. The van der Waals surface area contributed by atoms with Gasteiger partial charge in [-0.05, 0) is 83.7 Å². The average molecular weight is 450 g/mol. The summed E-state index contributed by atoms with van der Waals surface area (Å²) < 4.78 is 0. The van der Waals surface area contributed by atoms with Crippen molar-refractivity contribution in [1.82, 2.24) is 10.2 Å². The molecule has 0 saturated carbocycles. The van der Waals surface area contributed by atoms with Crippen molar-refractivity contribution < 1.29 is 9.59 Å². The third-order valence-electron chi connectivity index (χ3n) is 6.39. The number of anilines is 1. The van der Waals surface area contributed by atoms with E-state index in [4.69, 9.17) is 0 Å². The van der Waals surface area contributed by atoms with Gasteiger partial charge >= 0.3 is 0 Å². The number of aryl methyl sites for hydroxylation is 1. The number of hydrogen-bond acceptors (Lipinski definition) is 3. The molecule has 3 rings (SSSR count). The molecule has 2 amide bonds. The Morgan fingerprint density at radius 3 is 2.24 bits per heavy atom. The van der Waals surface area contributed by atoms with E-state index in [1.807, 2.05) is 43.3 Å². The van der Waals surface area contributed by atoms with Crippen LogP contribution in [0, 0.1) is 6.92 Å². The smallest absolute Gasteiger partial charge is 0.255 e. The number of carbonyl (C=O) groups is 2. The molecular formula is C28H39N3O2. The normalized spacial score (nSPS) is 17.4. The van der Waals surface area contributed by atoms with E-state index in [-0.39, 0.29) is 28.9 Å². The first-order valence-electron chi connectivity index (χ1n) is 12.1. The number of amides is 2. The predicted octanol–water partition coefficient (Wildman–Crippen LogP) is 5.80. The average Bonchev–Trinajstić information content (AvgIpc) is 2.74. The summed E-state index contributed by atoms with van der Waals surface area (Å²) in [5.74, 6) is -0.134. The zero-order valence-electron chi connectivity index (χ0n) is 21.0. The summed E-state index contributed by atoms with van der Waals surface area (Å²) in [5.41, 5.74) is 2.74. The van der Waals surface area contributed by atoms with E-state index in [9.17, 15) is 9.59 Å². The van der Waals surface area contributed by atoms with Crippen LogP contribution < -0.4 is 10.6 Å². The molecule has 0 bridgehead atoms. The van der Waals surface area contributed by atoms with E-state index in [0.29, 0.717) is 16.8 Å². The molecule has 5 heteroatoms. The third-order valence-corrected chi connectivity index (χ3v) is 6.39. The lowest BCUT2D eigenvalue weighted by Gasteiger charge is -2.49. The maximum Gasteiger partial charge on any atom is 0.255 e. The zero-order valence-corrected chi connectivity index (χ0v) is 21.0. The maximum atomic E-state index is 13.8. The van der Waals surface area contributed by atoms with E-state index in [1.54, 1.807) is 12.1 Å². The van der Waals surface area contributed by atoms with Crippen LogP contribution in [0.4, 0.5) is 5.69 Å². The van der Waals surface area contributed by atoms with Crippen molar-refractivity contribution in [2.75, 3.05) is 11.9 Å². The lowest BCUT2D eigenvalue weighted by Crippen LogP contribution is -2.62. The molecule has 0 unspecified atom stereocenters. The molecule has 1 saturated heterocycles. The summed E-state index contributed by atoms with van der Waals surface area (Å²) in [6.45, 7) is 13.7. The van der Waals surface area contributed by atoms with Crippen molar-refractivity contribution >= 4 is 17.5 Å². The maximum absolute atomic E-state index is 13.8. The molecule has 1 fully saturated rings. The second kappa shape index (κ2) is 10.1. The Hall–Kier alpha value is -2.66. The molecule has 0 radical (unpaired) electrons. The van der Waals surface area contributed by atoms with Crippen LogP contribution in [0.3, 0.4) is 0 Å². The fraction of sp³-hybridized carbons (Fsp3) is 0.500. The minimum absolute atomic E-state index is 0.0390. The van der Waals surface area contributed by atoms with Gasteiger partial charge in [0, 0.05) is 40.5 Å². The molecule has 2 aromatic rings. The molecule has 1 aliphatic rings. The fourth-order valence-electron chi connectivity index (χ4n) is 5.11. The number of benzene rings is 2. The van der Waals surface area contributed by atoms with Gasteiger partial charge in [0.2, 0.25) is 0 Å². The first-order chi connectivity index (χ1) is 15.5. The topological polar surface area (TPSA) is 61.4 Å². The molecule has 178 valence electrons. The number of nitrogens with zero attached hydrogens (tertiary/aromatic N) is 1. The number of unbranched alkanes of at least 4 members (excludes halogenated alkanes) is 1. The molecular weight excluding hydrogens is 410 g/mol. The standard InChI is InChI=1S/C28H39N3O2/c1-7-8-16-31(23-18-27(3,4)30-28(5,6)19-23)26(33)22-15-14-20(2)24(17-22)29-25(32)21-12-10-9-11-13-21/h9-15,17,23,30H,7-8,16,18-19H2,1-6H3,(H,29,32). The molecule has 0 spiro atoms. The first-order valence-corrected chi connectivity index (χ1v) is 12.1. The van der Waals surface area contributed by atoms with Gasteiger partial charge in [-0.15, -0.1) is 0 Å². The molecule has 5 nitrogen and oxygen atoms in total. The van der Waals surface area contributed by atoms with Crippen LogP contribution in [0.25, 0.3) is 0 Å². The summed E-state index contributed by atoms with van der Waals surface area (Å²) in [5, 5.41) is 6.71. The lowest BCUT2D eigenvalue weighted by atomic mass is 9.78. The SMILES string of the molecule is CCCCN(C(=O)c1ccc(C)c(NC(=O)c2ccccc2)c1)C1CC(C)(C)NC(C)(C)C1. The predicted molar refractivity (Wildman–Crippen MR) is 136 cm³/mol. The Balaban J connectivity index is 1.87. The minimum Gasteiger partial charge on any atom is -0.336 e. The summed E-state index contributed by atoms with van der Waals surface area (Å²) in [6.07, 6.45) is 3.83. The first kappa shape index (κ1) is 25.0. The molecule has 1 aliphatic heterocycles. The summed E-state index contributed by atoms with van der Waals surface area (Å²) in [4.78, 5) is 28.6. The quantitative estimate of drug-likeness (QED) is 0.562. The van der Waals surface area contributed by atoms with Crippen molar-refractivity contribution in [2.24, 2.45) is 0 Å². The molecule has 0 aromatic heterocycles. The van der Waals surface area contributed by atoms with Gasteiger partial charge < -0.3 is 15.5 Å². The van der Waals surface area contributed by atoms with Crippen molar-refractivity contribution in [3.63, 3.8) is 0 Å². The second-order valence-corrected chi connectivity index (χ2v) is 10.7. The van der Waals surface area contributed by atoms with Crippen molar-refractivity contribution in [3.8, 4) is 0 Å². The highest BCUT2D eigenvalue weighted by atomic mass is 16.2. The molecule has 0 atom stereocenters. The van der Waals surface area contributed by atoms with Gasteiger partial charge in [-0.2, -0.15) is 0 Å². The number of carbonyl (C=O) groups excluding carboxylic acids is 2. The Morgan fingerprint density at radius 1 is 1.00 bits per heavy atom. The van der Waals surface area contributed by atoms with Crippen LogP contribution in [0.5, 0.6) is 0 Å². The number of hydrogen-bond donors (Lipinski definition) is 2. The number of piperidine rings is 1. The van der Waals surface area contributed by atoms with Crippen LogP contribution in [0.15, 0.2) is 48.5 Å². The van der Waals surface area contributed by atoms with Gasteiger partial charge in [-0.25, -0.2) is 0 Å². The molecule has 2 N–H and O–H groups in total. The number of nitrogens with one attached hydrogen (secondary N) is 2. The zero-order chi connectivity index (χ0) is 24.2. The van der Waals surface area contributed by atoms with Gasteiger partial charge in [0.1, 0.15) is 0 Å². The van der Waals surface area contributed by atoms with Crippen molar-refractivity contribution in [2.45, 2.75) is 84.3 Å². The van der Waals surface area contributed by atoms with Crippen molar-refractivity contribution in [1.29, 1.82) is 0 Å². The van der Waals surface area contributed by atoms with Crippen LogP contribution in [-0.4, -0.2) is 40.4 Å². The van der Waals surface area contributed by atoms with Gasteiger partial charge in [0.05, 0.1) is 0 Å². The molecule has 2 aromatic carbocycles. The van der Waals surface area contributed by atoms with E-state index in [1.165, 1.54) is 0 Å². The Labute approximate surface area is 199 Å². The largest absolute Gasteiger partial charge is 0.336 e. The Morgan fingerprint density at radius 2 is 1.64 bits per heavy atom. The van der Waals surface area contributed by atoms with E-state index in [0.717, 1.165) is 37.8 Å². The molecule has 0 aliphatic carbocycles. The van der Waals surface area contributed by atoms with Gasteiger partial charge in [0.15, 0.2) is 0 Å². The molecule has 1 heterocycles. The second-order valence-electron chi connectivity index (χ2n) is 10.7. The van der Waals surface area contributed by atoms with Crippen LogP contribution >= 0.6 is 0 Å². The Bertz CT molecular complexity index is 966. The highest BCUT2D eigenvalue weighted by molar-refractivity contribution is 6.05. The van der Waals surface area contributed by atoms with E-state index in [2.05, 4.69) is 50.2 Å². The summed E-state index contributed by atoms with van der Waals surface area (Å²) >= 11 is 0. The minimum atomic E-state index is -0.173. The number of rotatable bonds is 7. The highest BCUT2D eigenvalue weighted by Crippen LogP contribution is 2.33. The van der Waals surface area contributed by atoms with E-state index < -0.39 is 0 Å². The van der Waals surface area contributed by atoms with Crippen LogP contribution in [0.2, 0.25) is 0 Å². The molecule has 33 heavy (non-hydrogen) atoms.